The summed E-state index contributed by atoms with van der Waals surface area (Å²) in [6, 6.07) is 5.89. The molecule has 7 heteroatoms. The van der Waals surface area contributed by atoms with E-state index in [1.54, 1.807) is 16.8 Å². The standard InChI is InChI=1S/C15H16FN3O2S/c1-2-3-14(20)17-15-12-8-22(21)9-13(12)18-19(15)11-6-4-10(16)5-7-11/h4-7H,2-3,8-9H2,1H3,(H,17,20)/t22-/m1/s1. The first-order chi connectivity index (χ1) is 10.6. The first-order valence-electron chi connectivity index (χ1n) is 7.10. The average molecular weight is 321 g/mol. The molecule has 1 atom stereocenters. The molecule has 2 aromatic rings. The zero-order chi connectivity index (χ0) is 15.7. The maximum atomic E-state index is 13.1. The van der Waals surface area contributed by atoms with Gasteiger partial charge in [-0.05, 0) is 30.7 Å². The predicted molar refractivity (Wildman–Crippen MR) is 82.6 cm³/mol. The number of amides is 1. The summed E-state index contributed by atoms with van der Waals surface area (Å²) >= 11 is 0. The quantitative estimate of drug-likeness (QED) is 0.941. The minimum Gasteiger partial charge on any atom is -0.310 e. The van der Waals surface area contributed by atoms with Crippen molar-refractivity contribution in [1.29, 1.82) is 0 Å². The Morgan fingerprint density at radius 1 is 1.36 bits per heavy atom. The first kappa shape index (κ1) is 14.9. The van der Waals surface area contributed by atoms with Gasteiger partial charge in [-0.15, -0.1) is 0 Å². The maximum absolute atomic E-state index is 13.1. The summed E-state index contributed by atoms with van der Waals surface area (Å²) in [7, 11) is -0.973. The van der Waals surface area contributed by atoms with Crippen LogP contribution in [0.1, 0.15) is 31.0 Å². The van der Waals surface area contributed by atoms with E-state index in [1.807, 2.05) is 6.92 Å². The smallest absolute Gasteiger partial charge is 0.225 e. The number of nitrogens with one attached hydrogen (secondary N) is 1. The van der Waals surface area contributed by atoms with Gasteiger partial charge in [0, 0.05) is 22.8 Å². The van der Waals surface area contributed by atoms with E-state index >= 15 is 0 Å². The highest BCUT2D eigenvalue weighted by Crippen LogP contribution is 2.31. The molecule has 0 saturated carbocycles. The third-order valence-electron chi connectivity index (χ3n) is 3.48. The molecule has 1 aromatic heterocycles. The molecule has 0 aliphatic carbocycles. The molecule has 2 heterocycles. The summed E-state index contributed by atoms with van der Waals surface area (Å²) in [5.74, 6) is 0.886. The lowest BCUT2D eigenvalue weighted by molar-refractivity contribution is -0.116. The van der Waals surface area contributed by atoms with E-state index in [2.05, 4.69) is 10.4 Å². The van der Waals surface area contributed by atoms with Crippen LogP contribution in [0.25, 0.3) is 5.69 Å². The van der Waals surface area contributed by atoms with Crippen molar-refractivity contribution in [3.8, 4) is 5.69 Å². The molecule has 1 aliphatic heterocycles. The van der Waals surface area contributed by atoms with Gasteiger partial charge in [-0.25, -0.2) is 9.07 Å². The van der Waals surface area contributed by atoms with Crippen LogP contribution in [0.3, 0.4) is 0 Å². The lowest BCUT2D eigenvalue weighted by Crippen LogP contribution is -2.15. The Morgan fingerprint density at radius 2 is 2.09 bits per heavy atom. The van der Waals surface area contributed by atoms with Gasteiger partial charge < -0.3 is 5.32 Å². The number of hydrogen-bond donors (Lipinski definition) is 1. The molecule has 0 radical (unpaired) electrons. The topological polar surface area (TPSA) is 64.0 Å². The van der Waals surface area contributed by atoms with Crippen LogP contribution in [0, 0.1) is 5.82 Å². The second-order valence-corrected chi connectivity index (χ2v) is 6.65. The number of fused-ring (bicyclic) bond motifs is 1. The Morgan fingerprint density at radius 3 is 2.77 bits per heavy atom. The molecule has 0 saturated heterocycles. The number of aromatic nitrogens is 2. The molecule has 5 nitrogen and oxygen atoms in total. The molecule has 1 aliphatic rings. The van der Waals surface area contributed by atoms with Crippen molar-refractivity contribution in [2.45, 2.75) is 31.3 Å². The minimum atomic E-state index is -0.973. The molecule has 0 bridgehead atoms. The summed E-state index contributed by atoms with van der Waals surface area (Å²) in [5, 5.41) is 7.30. The molecule has 1 aromatic carbocycles. The van der Waals surface area contributed by atoms with E-state index < -0.39 is 10.8 Å². The molecule has 22 heavy (non-hydrogen) atoms. The normalized spacial score (nSPS) is 16.5. The molecule has 1 amide bonds. The van der Waals surface area contributed by atoms with Crippen molar-refractivity contribution in [2.75, 3.05) is 5.32 Å². The number of rotatable bonds is 4. The highest BCUT2D eigenvalue weighted by Gasteiger charge is 2.28. The van der Waals surface area contributed by atoms with Gasteiger partial charge in [0.15, 0.2) is 0 Å². The Balaban J connectivity index is 2.02. The predicted octanol–water partition coefficient (Wildman–Crippen LogP) is 2.51. The van der Waals surface area contributed by atoms with Gasteiger partial charge in [0.05, 0.1) is 22.9 Å². The minimum absolute atomic E-state index is 0.105. The monoisotopic (exact) mass is 321 g/mol. The van der Waals surface area contributed by atoms with E-state index in [1.165, 1.54) is 12.1 Å². The second kappa shape index (κ2) is 6.00. The highest BCUT2D eigenvalue weighted by atomic mass is 32.2. The maximum Gasteiger partial charge on any atom is 0.225 e. The average Bonchev–Trinajstić information content (AvgIpc) is 2.98. The van der Waals surface area contributed by atoms with Gasteiger partial charge >= 0.3 is 0 Å². The molecular weight excluding hydrogens is 305 g/mol. The van der Waals surface area contributed by atoms with Crippen molar-refractivity contribution in [2.24, 2.45) is 0 Å². The van der Waals surface area contributed by atoms with E-state index in [0.29, 0.717) is 29.4 Å². The number of halogens is 1. The largest absolute Gasteiger partial charge is 0.310 e. The summed E-state index contributed by atoms with van der Waals surface area (Å²) in [4.78, 5) is 11.9. The van der Waals surface area contributed by atoms with Crippen LogP contribution in [-0.2, 0) is 27.1 Å². The number of carbonyl (C=O) groups is 1. The van der Waals surface area contributed by atoms with Crippen LogP contribution in [-0.4, -0.2) is 19.9 Å². The molecule has 116 valence electrons. The van der Waals surface area contributed by atoms with Crippen LogP contribution in [0.4, 0.5) is 10.2 Å². The first-order valence-corrected chi connectivity index (χ1v) is 8.59. The van der Waals surface area contributed by atoms with E-state index in [4.69, 9.17) is 0 Å². The van der Waals surface area contributed by atoms with Crippen LogP contribution in [0.2, 0.25) is 0 Å². The van der Waals surface area contributed by atoms with E-state index in [-0.39, 0.29) is 11.7 Å². The number of benzene rings is 1. The number of anilines is 1. The van der Waals surface area contributed by atoms with Gasteiger partial charge in [-0.1, -0.05) is 6.92 Å². The van der Waals surface area contributed by atoms with Gasteiger partial charge in [0.25, 0.3) is 0 Å². The fourth-order valence-electron chi connectivity index (χ4n) is 2.45. The number of hydrogen-bond acceptors (Lipinski definition) is 3. The molecule has 0 unspecified atom stereocenters. The fraction of sp³-hybridized carbons (Fsp3) is 0.333. The summed E-state index contributed by atoms with van der Waals surface area (Å²) in [6.45, 7) is 1.93. The Kier molecular flexibility index (Phi) is 4.06. The zero-order valence-corrected chi connectivity index (χ0v) is 13.0. The Bertz CT molecular complexity index is 740. The van der Waals surface area contributed by atoms with Gasteiger partial charge in [0.1, 0.15) is 11.6 Å². The highest BCUT2D eigenvalue weighted by molar-refractivity contribution is 7.83. The third kappa shape index (κ3) is 2.81. The van der Waals surface area contributed by atoms with Crippen molar-refractivity contribution >= 4 is 22.5 Å². The van der Waals surface area contributed by atoms with Crippen LogP contribution in [0.15, 0.2) is 24.3 Å². The molecule has 3 rings (SSSR count). The molecule has 1 N–H and O–H groups in total. The Labute approximate surface area is 130 Å². The molecule has 0 fully saturated rings. The van der Waals surface area contributed by atoms with E-state index in [9.17, 15) is 13.4 Å². The molecular formula is C15H16FN3O2S. The zero-order valence-electron chi connectivity index (χ0n) is 12.1. The fourth-order valence-corrected chi connectivity index (χ4v) is 3.71. The van der Waals surface area contributed by atoms with Gasteiger partial charge in [-0.3, -0.25) is 9.00 Å². The summed E-state index contributed by atoms with van der Waals surface area (Å²) in [5.41, 5.74) is 2.20. The van der Waals surface area contributed by atoms with Crippen LogP contribution >= 0.6 is 0 Å². The van der Waals surface area contributed by atoms with Crippen molar-refractivity contribution in [3.63, 3.8) is 0 Å². The van der Waals surface area contributed by atoms with Gasteiger partial charge in [0.2, 0.25) is 5.91 Å². The SMILES string of the molecule is CCCC(=O)Nc1c2c(nn1-c1ccc(F)cc1)C[S@](=O)C2. The van der Waals surface area contributed by atoms with Gasteiger partial charge in [-0.2, -0.15) is 5.10 Å². The number of carbonyl (C=O) groups excluding carboxylic acids is 1. The van der Waals surface area contributed by atoms with E-state index in [0.717, 1.165) is 17.7 Å². The molecule has 0 spiro atoms. The second-order valence-electron chi connectivity index (χ2n) is 5.19. The van der Waals surface area contributed by atoms with Crippen molar-refractivity contribution in [3.05, 3.63) is 41.3 Å². The lowest BCUT2D eigenvalue weighted by Gasteiger charge is -2.10. The van der Waals surface area contributed by atoms with Crippen molar-refractivity contribution < 1.29 is 13.4 Å². The summed E-state index contributed by atoms with van der Waals surface area (Å²) in [6.07, 6.45) is 1.15. The number of nitrogens with zero attached hydrogens (tertiary/aromatic N) is 2. The van der Waals surface area contributed by atoms with Crippen LogP contribution < -0.4 is 5.32 Å². The third-order valence-corrected chi connectivity index (χ3v) is 4.68. The lowest BCUT2D eigenvalue weighted by atomic mass is 10.2. The Hall–Kier alpha value is -2.02. The van der Waals surface area contributed by atoms with Crippen molar-refractivity contribution in [1.82, 2.24) is 9.78 Å². The van der Waals surface area contributed by atoms with Crippen LogP contribution in [0.5, 0.6) is 0 Å². The summed E-state index contributed by atoms with van der Waals surface area (Å²) < 4.78 is 26.4.